The molecular formula is C10H10N2OS. The van der Waals surface area contributed by atoms with Crippen LogP contribution in [-0.4, -0.2) is 9.78 Å². The molecule has 0 fully saturated rings. The van der Waals surface area contributed by atoms with Crippen LogP contribution in [0.4, 0.5) is 0 Å². The second-order valence-corrected chi connectivity index (χ2v) is 3.56. The smallest absolute Gasteiger partial charge is 0.291 e. The number of benzene rings is 1. The van der Waals surface area contributed by atoms with Crippen LogP contribution >= 0.6 is 12.2 Å². The van der Waals surface area contributed by atoms with Crippen molar-refractivity contribution in [2.75, 3.05) is 0 Å². The summed E-state index contributed by atoms with van der Waals surface area (Å²) in [5.74, 6) is 0. The van der Waals surface area contributed by atoms with Crippen molar-refractivity contribution in [1.82, 2.24) is 9.78 Å². The predicted molar refractivity (Wildman–Crippen MR) is 56.1 cm³/mol. The monoisotopic (exact) mass is 206 g/mol. The van der Waals surface area contributed by atoms with Gasteiger partial charge in [0.2, 0.25) is 6.39 Å². The molecule has 4 heteroatoms. The third kappa shape index (κ3) is 1.48. The maximum absolute atomic E-state index is 4.99. The number of nitrogens with zero attached hydrogens (tertiary/aromatic N) is 2. The van der Waals surface area contributed by atoms with E-state index < -0.39 is 0 Å². The van der Waals surface area contributed by atoms with Crippen LogP contribution < -0.4 is 0 Å². The number of hydrogen-bond acceptors (Lipinski definition) is 3. The molecule has 1 aromatic carbocycles. The number of aromatic nitrogens is 2. The van der Waals surface area contributed by atoms with Crippen LogP contribution in [0.2, 0.25) is 0 Å². The minimum absolute atomic E-state index is 0.372. The molecule has 2 aromatic rings. The van der Waals surface area contributed by atoms with E-state index in [-0.39, 0.29) is 0 Å². The van der Waals surface area contributed by atoms with Gasteiger partial charge in [0.1, 0.15) is 0 Å². The Morgan fingerprint density at radius 3 is 2.71 bits per heavy atom. The zero-order valence-corrected chi connectivity index (χ0v) is 8.84. The predicted octanol–water partition coefficient (Wildman–Crippen LogP) is 2.81. The minimum atomic E-state index is 0.372. The highest BCUT2D eigenvalue weighted by Crippen LogP contribution is 2.14. The van der Waals surface area contributed by atoms with Crippen LogP contribution in [0, 0.1) is 18.7 Å². The molecular weight excluding hydrogens is 196 g/mol. The Balaban J connectivity index is 2.63. The van der Waals surface area contributed by atoms with E-state index in [0.29, 0.717) is 4.84 Å². The highest BCUT2D eigenvalue weighted by Gasteiger charge is 2.03. The Bertz CT molecular complexity index is 513. The fourth-order valence-corrected chi connectivity index (χ4v) is 1.60. The molecule has 0 N–H and O–H groups in total. The van der Waals surface area contributed by atoms with E-state index in [1.165, 1.54) is 12.0 Å². The molecule has 3 nitrogen and oxygen atoms in total. The van der Waals surface area contributed by atoms with Gasteiger partial charge in [0, 0.05) is 0 Å². The number of aryl methyl sites for hydroxylation is 2. The van der Waals surface area contributed by atoms with E-state index in [2.05, 4.69) is 18.1 Å². The fraction of sp³-hybridized carbons (Fsp3) is 0.200. The maximum atomic E-state index is 4.99. The zero-order chi connectivity index (χ0) is 10.1. The first-order valence-electron chi connectivity index (χ1n) is 4.29. The average Bonchev–Trinajstić information content (AvgIpc) is 2.52. The molecule has 14 heavy (non-hydrogen) atoms. The van der Waals surface area contributed by atoms with Crippen molar-refractivity contribution >= 4 is 12.2 Å². The molecule has 0 aliphatic heterocycles. The normalized spacial score (nSPS) is 10.4. The molecule has 1 heterocycles. The Hall–Kier alpha value is -1.42. The standard InChI is InChI=1S/C10H10N2OS/c1-7-3-4-9(8(2)5-7)12-10(14)13-6-11-12/h3-6H,1-2H3. The van der Waals surface area contributed by atoms with Gasteiger partial charge < -0.3 is 4.42 Å². The van der Waals surface area contributed by atoms with E-state index in [1.807, 2.05) is 19.1 Å². The van der Waals surface area contributed by atoms with Crippen molar-refractivity contribution in [1.29, 1.82) is 0 Å². The summed E-state index contributed by atoms with van der Waals surface area (Å²) in [6, 6.07) is 6.10. The van der Waals surface area contributed by atoms with Gasteiger partial charge in [-0.05, 0) is 37.7 Å². The van der Waals surface area contributed by atoms with Gasteiger partial charge >= 0.3 is 0 Å². The van der Waals surface area contributed by atoms with E-state index in [4.69, 9.17) is 16.6 Å². The van der Waals surface area contributed by atoms with Crippen molar-refractivity contribution in [2.24, 2.45) is 0 Å². The Morgan fingerprint density at radius 2 is 2.14 bits per heavy atom. The zero-order valence-electron chi connectivity index (χ0n) is 8.02. The Labute approximate surface area is 87.0 Å². The third-order valence-corrected chi connectivity index (χ3v) is 2.34. The summed E-state index contributed by atoms with van der Waals surface area (Å²) in [6.45, 7) is 4.08. The second-order valence-electron chi connectivity index (χ2n) is 3.21. The molecule has 0 atom stereocenters. The van der Waals surface area contributed by atoms with Crippen LogP contribution in [-0.2, 0) is 0 Å². The van der Waals surface area contributed by atoms with Crippen LogP contribution in [0.5, 0.6) is 0 Å². The first kappa shape index (κ1) is 9.15. The van der Waals surface area contributed by atoms with Crippen molar-refractivity contribution < 1.29 is 4.42 Å². The number of hydrogen-bond donors (Lipinski definition) is 0. The molecule has 0 aliphatic rings. The lowest BCUT2D eigenvalue weighted by Gasteiger charge is -2.04. The van der Waals surface area contributed by atoms with Crippen LogP contribution in [0.1, 0.15) is 11.1 Å². The van der Waals surface area contributed by atoms with Gasteiger partial charge in [0.15, 0.2) is 0 Å². The molecule has 0 amide bonds. The van der Waals surface area contributed by atoms with Crippen molar-refractivity contribution in [3.63, 3.8) is 0 Å². The highest BCUT2D eigenvalue weighted by atomic mass is 32.1. The Kier molecular flexibility index (Phi) is 2.21. The molecule has 0 saturated carbocycles. The molecule has 2 rings (SSSR count). The highest BCUT2D eigenvalue weighted by molar-refractivity contribution is 7.71. The van der Waals surface area contributed by atoms with Crippen LogP contribution in [0.3, 0.4) is 0 Å². The van der Waals surface area contributed by atoms with E-state index in [0.717, 1.165) is 11.3 Å². The quantitative estimate of drug-likeness (QED) is 0.672. The minimum Gasteiger partial charge on any atom is -0.417 e. The fourth-order valence-electron chi connectivity index (χ4n) is 1.42. The lowest BCUT2D eigenvalue weighted by Crippen LogP contribution is -1.98. The van der Waals surface area contributed by atoms with E-state index >= 15 is 0 Å². The van der Waals surface area contributed by atoms with Gasteiger partial charge in [-0.15, -0.1) is 5.10 Å². The summed E-state index contributed by atoms with van der Waals surface area (Å²) in [5, 5.41) is 4.02. The third-order valence-electron chi connectivity index (χ3n) is 2.07. The lowest BCUT2D eigenvalue weighted by atomic mass is 10.1. The summed E-state index contributed by atoms with van der Waals surface area (Å²) < 4.78 is 6.59. The SMILES string of the molecule is Cc1ccc(-n2ncoc2=S)c(C)c1. The van der Waals surface area contributed by atoms with E-state index in [9.17, 15) is 0 Å². The van der Waals surface area contributed by atoms with Crippen molar-refractivity contribution in [3.05, 3.63) is 40.6 Å². The summed E-state index contributed by atoms with van der Waals surface area (Å²) >= 11 is 4.99. The van der Waals surface area contributed by atoms with Gasteiger partial charge in [0.05, 0.1) is 5.69 Å². The van der Waals surface area contributed by atoms with E-state index in [1.54, 1.807) is 4.68 Å². The van der Waals surface area contributed by atoms with Gasteiger partial charge in [-0.1, -0.05) is 17.7 Å². The second kappa shape index (κ2) is 3.38. The molecule has 0 radical (unpaired) electrons. The molecule has 72 valence electrons. The molecule has 0 spiro atoms. The van der Waals surface area contributed by atoms with Crippen LogP contribution in [0.15, 0.2) is 29.0 Å². The molecule has 0 aliphatic carbocycles. The topological polar surface area (TPSA) is 31.0 Å². The van der Waals surface area contributed by atoms with Gasteiger partial charge in [-0.3, -0.25) is 0 Å². The maximum Gasteiger partial charge on any atom is 0.291 e. The summed E-state index contributed by atoms with van der Waals surface area (Å²) in [6.07, 6.45) is 1.35. The molecule has 0 unspecified atom stereocenters. The van der Waals surface area contributed by atoms with Gasteiger partial charge in [-0.2, -0.15) is 4.68 Å². The summed E-state index contributed by atoms with van der Waals surface area (Å²) in [5.41, 5.74) is 3.32. The average molecular weight is 206 g/mol. The van der Waals surface area contributed by atoms with Crippen molar-refractivity contribution in [3.8, 4) is 5.69 Å². The summed E-state index contributed by atoms with van der Waals surface area (Å²) in [7, 11) is 0. The molecule has 0 saturated heterocycles. The van der Waals surface area contributed by atoms with Gasteiger partial charge in [0.25, 0.3) is 4.84 Å². The van der Waals surface area contributed by atoms with Crippen molar-refractivity contribution in [2.45, 2.75) is 13.8 Å². The van der Waals surface area contributed by atoms with Gasteiger partial charge in [-0.25, -0.2) is 0 Å². The molecule has 1 aromatic heterocycles. The summed E-state index contributed by atoms with van der Waals surface area (Å²) in [4.78, 5) is 0.372. The Morgan fingerprint density at radius 1 is 1.36 bits per heavy atom. The van der Waals surface area contributed by atoms with Crippen LogP contribution in [0.25, 0.3) is 5.69 Å². The lowest BCUT2D eigenvalue weighted by molar-refractivity contribution is 0.530. The largest absolute Gasteiger partial charge is 0.417 e. The first-order chi connectivity index (χ1) is 6.68. The first-order valence-corrected chi connectivity index (χ1v) is 4.70. The number of rotatable bonds is 1. The molecule has 0 bridgehead atoms.